The molecule has 1 atom stereocenters. The number of aryl methyl sites for hydroxylation is 1. The molecule has 1 aromatic carbocycles. The minimum absolute atomic E-state index is 0.156. The summed E-state index contributed by atoms with van der Waals surface area (Å²) in [4.78, 5) is 0. The lowest BCUT2D eigenvalue weighted by Gasteiger charge is -2.42. The van der Waals surface area contributed by atoms with Crippen molar-refractivity contribution in [3.8, 4) is 0 Å². The van der Waals surface area contributed by atoms with Gasteiger partial charge in [-0.1, -0.05) is 31.2 Å². The Balaban J connectivity index is 3.77. The Labute approximate surface area is 124 Å². The van der Waals surface area contributed by atoms with Crippen LogP contribution in [0.4, 0.5) is 39.5 Å². The van der Waals surface area contributed by atoms with Gasteiger partial charge in [0.15, 0.2) is 0 Å². The van der Waals surface area contributed by atoms with Crippen molar-refractivity contribution < 1.29 is 44.6 Å². The van der Waals surface area contributed by atoms with Gasteiger partial charge in [0, 0.05) is 0 Å². The van der Waals surface area contributed by atoms with Gasteiger partial charge < -0.3 is 5.11 Å². The van der Waals surface area contributed by atoms with E-state index in [2.05, 4.69) is 0 Å². The second kappa shape index (κ2) is 5.88. The van der Waals surface area contributed by atoms with Crippen LogP contribution in [0.25, 0.3) is 0 Å². The molecule has 0 aliphatic carbocycles. The van der Waals surface area contributed by atoms with Gasteiger partial charge in [0.05, 0.1) is 0 Å². The van der Waals surface area contributed by atoms with Crippen LogP contribution in [0.1, 0.15) is 24.2 Å². The molecular formula is C13H11F9O. The second-order valence-electron chi connectivity index (χ2n) is 4.76. The Morgan fingerprint density at radius 2 is 1.22 bits per heavy atom. The normalized spacial score (nSPS) is 15.6. The van der Waals surface area contributed by atoms with Crippen LogP contribution in [0.3, 0.4) is 0 Å². The number of halogens is 9. The number of aliphatic hydroxyl groups excluding tert-OH is 1. The summed E-state index contributed by atoms with van der Waals surface area (Å²) >= 11 is 0. The zero-order valence-corrected chi connectivity index (χ0v) is 11.4. The molecule has 1 rings (SSSR count). The maximum Gasteiger partial charge on any atom is 0.415 e. The van der Waals surface area contributed by atoms with Crippen LogP contribution in [-0.4, -0.2) is 23.6 Å². The Morgan fingerprint density at radius 1 is 0.826 bits per heavy atom. The van der Waals surface area contributed by atoms with Crippen LogP contribution in [0, 0.1) is 5.41 Å². The zero-order chi connectivity index (χ0) is 18.3. The first-order valence-electron chi connectivity index (χ1n) is 6.17. The van der Waals surface area contributed by atoms with Gasteiger partial charge in [0.2, 0.25) is 0 Å². The summed E-state index contributed by atoms with van der Waals surface area (Å²) in [6, 6.07) is 3.84. The molecule has 0 spiro atoms. The lowest BCUT2D eigenvalue weighted by atomic mass is 9.75. The van der Waals surface area contributed by atoms with Gasteiger partial charge in [-0.15, -0.1) is 0 Å². The maximum atomic E-state index is 12.9. The Bertz CT molecular complexity index is 506. The first-order valence-corrected chi connectivity index (χ1v) is 6.17. The van der Waals surface area contributed by atoms with Gasteiger partial charge in [0.25, 0.3) is 5.41 Å². The van der Waals surface area contributed by atoms with Crippen molar-refractivity contribution in [2.24, 2.45) is 5.41 Å². The van der Waals surface area contributed by atoms with E-state index < -0.39 is 35.6 Å². The molecule has 0 radical (unpaired) electrons. The highest BCUT2D eigenvalue weighted by molar-refractivity contribution is 5.32. The number of aliphatic hydroxyl groups is 1. The molecule has 0 saturated carbocycles. The highest BCUT2D eigenvalue weighted by Gasteiger charge is 2.86. The molecule has 1 aromatic rings. The smallest absolute Gasteiger partial charge is 0.387 e. The molecule has 0 aromatic heterocycles. The minimum Gasteiger partial charge on any atom is -0.387 e. The zero-order valence-electron chi connectivity index (χ0n) is 11.4. The van der Waals surface area contributed by atoms with Crippen molar-refractivity contribution in [3.05, 3.63) is 35.4 Å². The van der Waals surface area contributed by atoms with Crippen LogP contribution in [-0.2, 0) is 6.42 Å². The standard InChI is InChI=1S/C13H11F9O/c1-2-7-5-3-4-6-8(7)9(23)10(11(14,15)16,12(17,18)19)13(20,21)22/h3-6,9,23H,2H2,1H3. The van der Waals surface area contributed by atoms with Crippen LogP contribution in [0.2, 0.25) is 0 Å². The van der Waals surface area contributed by atoms with Crippen molar-refractivity contribution >= 4 is 0 Å². The van der Waals surface area contributed by atoms with Gasteiger partial charge in [-0.3, -0.25) is 0 Å². The molecule has 0 bridgehead atoms. The summed E-state index contributed by atoms with van der Waals surface area (Å²) in [6.45, 7) is 1.32. The number of rotatable bonds is 3. The fourth-order valence-corrected chi connectivity index (χ4v) is 2.30. The van der Waals surface area contributed by atoms with E-state index >= 15 is 0 Å². The fourth-order valence-electron chi connectivity index (χ4n) is 2.30. The number of hydrogen-bond donors (Lipinski definition) is 1. The van der Waals surface area contributed by atoms with Crippen LogP contribution < -0.4 is 0 Å². The topological polar surface area (TPSA) is 20.2 Å². The Hall–Kier alpha value is -1.45. The monoisotopic (exact) mass is 354 g/mol. The van der Waals surface area contributed by atoms with E-state index in [1.54, 1.807) is 0 Å². The summed E-state index contributed by atoms with van der Waals surface area (Å²) in [5.41, 5.74) is -7.60. The third kappa shape index (κ3) is 3.00. The number of benzene rings is 1. The number of alkyl halides is 9. The van der Waals surface area contributed by atoms with Crippen molar-refractivity contribution in [1.29, 1.82) is 0 Å². The molecule has 0 saturated heterocycles. The van der Waals surface area contributed by atoms with Gasteiger partial charge in [-0.05, 0) is 17.5 Å². The minimum atomic E-state index is -6.80. The molecule has 1 unspecified atom stereocenters. The van der Waals surface area contributed by atoms with E-state index in [9.17, 15) is 44.6 Å². The van der Waals surface area contributed by atoms with Crippen LogP contribution in [0.5, 0.6) is 0 Å². The summed E-state index contributed by atoms with van der Waals surface area (Å²) in [6.07, 6.45) is -24.4. The van der Waals surface area contributed by atoms with Gasteiger partial charge in [0.1, 0.15) is 6.10 Å². The quantitative estimate of drug-likeness (QED) is 0.761. The van der Waals surface area contributed by atoms with E-state index in [4.69, 9.17) is 0 Å². The Morgan fingerprint density at radius 3 is 1.57 bits per heavy atom. The van der Waals surface area contributed by atoms with Gasteiger partial charge in [-0.2, -0.15) is 39.5 Å². The lowest BCUT2D eigenvalue weighted by Crippen LogP contribution is -2.62. The predicted octanol–water partition coefficient (Wildman–Crippen LogP) is 4.96. The highest BCUT2D eigenvalue weighted by Crippen LogP contribution is 2.65. The third-order valence-corrected chi connectivity index (χ3v) is 3.48. The van der Waals surface area contributed by atoms with E-state index in [1.807, 2.05) is 0 Å². The molecule has 0 heterocycles. The molecular weight excluding hydrogens is 343 g/mol. The molecule has 0 aliphatic rings. The van der Waals surface area contributed by atoms with E-state index in [0.717, 1.165) is 12.1 Å². The van der Waals surface area contributed by atoms with E-state index in [-0.39, 0.29) is 12.0 Å². The molecule has 132 valence electrons. The van der Waals surface area contributed by atoms with Crippen LogP contribution in [0.15, 0.2) is 24.3 Å². The number of hydrogen-bond acceptors (Lipinski definition) is 1. The highest BCUT2D eigenvalue weighted by atomic mass is 19.4. The average molecular weight is 354 g/mol. The summed E-state index contributed by atoms with van der Waals surface area (Å²) in [5.74, 6) is 0. The Kier molecular flexibility index (Phi) is 5.01. The second-order valence-corrected chi connectivity index (χ2v) is 4.76. The van der Waals surface area contributed by atoms with Crippen molar-refractivity contribution in [2.45, 2.75) is 38.0 Å². The van der Waals surface area contributed by atoms with Gasteiger partial charge in [-0.25, -0.2) is 0 Å². The summed E-state index contributed by atoms with van der Waals surface area (Å²) in [7, 11) is 0. The maximum absolute atomic E-state index is 12.9. The molecule has 23 heavy (non-hydrogen) atoms. The predicted molar refractivity (Wildman–Crippen MR) is 61.4 cm³/mol. The first kappa shape index (κ1) is 19.6. The van der Waals surface area contributed by atoms with Crippen molar-refractivity contribution in [2.75, 3.05) is 0 Å². The van der Waals surface area contributed by atoms with Gasteiger partial charge >= 0.3 is 18.5 Å². The van der Waals surface area contributed by atoms with E-state index in [0.29, 0.717) is 6.07 Å². The first-order chi connectivity index (χ1) is 10.2. The molecule has 10 heteroatoms. The third-order valence-electron chi connectivity index (χ3n) is 3.48. The largest absolute Gasteiger partial charge is 0.415 e. The average Bonchev–Trinajstić information content (AvgIpc) is 2.33. The lowest BCUT2D eigenvalue weighted by molar-refractivity contribution is -0.449. The molecule has 1 nitrogen and oxygen atoms in total. The summed E-state index contributed by atoms with van der Waals surface area (Å²) in [5, 5.41) is 9.59. The van der Waals surface area contributed by atoms with Crippen molar-refractivity contribution in [3.63, 3.8) is 0 Å². The van der Waals surface area contributed by atoms with E-state index in [1.165, 1.54) is 13.0 Å². The summed E-state index contributed by atoms with van der Waals surface area (Å²) < 4.78 is 116. The van der Waals surface area contributed by atoms with Crippen molar-refractivity contribution in [1.82, 2.24) is 0 Å². The molecule has 0 amide bonds. The molecule has 0 aliphatic heterocycles. The van der Waals surface area contributed by atoms with Crippen LogP contribution >= 0.6 is 0 Å². The fraction of sp³-hybridized carbons (Fsp3) is 0.538. The molecule has 1 N–H and O–H groups in total. The SMILES string of the molecule is CCc1ccccc1C(O)C(C(F)(F)F)(C(F)(F)F)C(F)(F)F. The molecule has 0 fully saturated rings.